The van der Waals surface area contributed by atoms with Crippen molar-refractivity contribution in [3.63, 3.8) is 0 Å². The molecule has 1 aromatic rings. The number of likely N-dealkylation sites (tertiary alicyclic amines) is 1. The first kappa shape index (κ1) is 17.7. The molecule has 2 amide bonds. The molecule has 0 spiro atoms. The van der Waals surface area contributed by atoms with Crippen LogP contribution in [0.15, 0.2) is 24.3 Å². The maximum Gasteiger partial charge on any atom is 0.254 e. The van der Waals surface area contributed by atoms with Gasteiger partial charge in [-0.3, -0.25) is 9.59 Å². The monoisotopic (exact) mass is 345 g/mol. The summed E-state index contributed by atoms with van der Waals surface area (Å²) in [7, 11) is 1.59. The normalized spacial score (nSPS) is 18.4. The van der Waals surface area contributed by atoms with Gasteiger partial charge in [0.2, 0.25) is 5.91 Å². The molecule has 2 fully saturated rings. The van der Waals surface area contributed by atoms with E-state index in [2.05, 4.69) is 4.90 Å². The highest BCUT2D eigenvalue weighted by molar-refractivity contribution is 5.94. The van der Waals surface area contributed by atoms with Gasteiger partial charge in [-0.25, -0.2) is 0 Å². The van der Waals surface area contributed by atoms with E-state index in [1.165, 1.54) is 12.8 Å². The van der Waals surface area contributed by atoms with E-state index in [-0.39, 0.29) is 11.8 Å². The first-order chi connectivity index (χ1) is 12.2. The van der Waals surface area contributed by atoms with E-state index in [9.17, 15) is 9.59 Å². The SMILES string of the molecule is COc1cccc(C(=O)N2CCN(C(=O)CCN3CCCC3)CC2)c1. The standard InChI is InChI=1S/C19H27N3O3/c1-25-17-6-4-5-16(15-17)19(24)22-13-11-21(12-14-22)18(23)7-10-20-8-2-3-9-20/h4-6,15H,2-3,7-14H2,1H3. The van der Waals surface area contributed by atoms with Crippen molar-refractivity contribution in [2.45, 2.75) is 19.3 Å². The number of methoxy groups -OCH3 is 1. The topological polar surface area (TPSA) is 53.1 Å². The Hall–Kier alpha value is -2.08. The van der Waals surface area contributed by atoms with E-state index in [1.807, 2.05) is 21.9 Å². The summed E-state index contributed by atoms with van der Waals surface area (Å²) in [5, 5.41) is 0. The van der Waals surface area contributed by atoms with Crippen LogP contribution in [0.1, 0.15) is 29.6 Å². The van der Waals surface area contributed by atoms with Crippen molar-refractivity contribution in [2.75, 3.05) is 52.9 Å². The van der Waals surface area contributed by atoms with Crippen LogP contribution in [-0.2, 0) is 4.79 Å². The minimum atomic E-state index is 0.00284. The minimum absolute atomic E-state index is 0.00284. The van der Waals surface area contributed by atoms with Gasteiger partial charge in [0, 0.05) is 44.7 Å². The number of ether oxygens (including phenoxy) is 1. The summed E-state index contributed by atoms with van der Waals surface area (Å²) in [5.74, 6) is 0.894. The van der Waals surface area contributed by atoms with Crippen LogP contribution in [0, 0.1) is 0 Å². The van der Waals surface area contributed by atoms with Crippen LogP contribution in [0.25, 0.3) is 0 Å². The smallest absolute Gasteiger partial charge is 0.254 e. The highest BCUT2D eigenvalue weighted by Crippen LogP contribution is 2.16. The lowest BCUT2D eigenvalue weighted by atomic mass is 10.1. The van der Waals surface area contributed by atoms with Gasteiger partial charge in [0.05, 0.1) is 7.11 Å². The van der Waals surface area contributed by atoms with Crippen LogP contribution in [0.3, 0.4) is 0 Å². The third-order valence-corrected chi connectivity index (χ3v) is 5.08. The number of benzene rings is 1. The first-order valence-electron chi connectivity index (χ1n) is 9.11. The molecule has 6 heteroatoms. The predicted molar refractivity (Wildman–Crippen MR) is 95.8 cm³/mol. The third kappa shape index (κ3) is 4.51. The summed E-state index contributed by atoms with van der Waals surface area (Å²) in [5.41, 5.74) is 0.633. The van der Waals surface area contributed by atoms with Gasteiger partial charge < -0.3 is 19.4 Å². The molecule has 0 unspecified atom stereocenters. The Kier molecular flexibility index (Phi) is 5.91. The van der Waals surface area contributed by atoms with Crippen molar-refractivity contribution in [3.8, 4) is 5.75 Å². The molecular weight excluding hydrogens is 318 g/mol. The second-order valence-electron chi connectivity index (χ2n) is 6.70. The molecule has 3 rings (SSSR count). The molecule has 6 nitrogen and oxygen atoms in total. The van der Waals surface area contributed by atoms with E-state index in [1.54, 1.807) is 19.2 Å². The summed E-state index contributed by atoms with van der Waals surface area (Å²) >= 11 is 0. The number of amides is 2. The zero-order valence-corrected chi connectivity index (χ0v) is 14.9. The lowest BCUT2D eigenvalue weighted by Crippen LogP contribution is -2.51. The van der Waals surface area contributed by atoms with Gasteiger partial charge in [0.1, 0.15) is 5.75 Å². The quantitative estimate of drug-likeness (QED) is 0.811. The number of hydrogen-bond acceptors (Lipinski definition) is 4. The van der Waals surface area contributed by atoms with Crippen molar-refractivity contribution in [1.29, 1.82) is 0 Å². The van der Waals surface area contributed by atoms with Gasteiger partial charge in [0.25, 0.3) is 5.91 Å². The van der Waals surface area contributed by atoms with Gasteiger partial charge in [-0.05, 0) is 44.1 Å². The Morgan fingerprint density at radius 2 is 1.68 bits per heavy atom. The van der Waals surface area contributed by atoms with Crippen molar-refractivity contribution in [1.82, 2.24) is 14.7 Å². The maximum atomic E-state index is 12.6. The average Bonchev–Trinajstić information content (AvgIpc) is 3.19. The van der Waals surface area contributed by atoms with Crippen molar-refractivity contribution in [3.05, 3.63) is 29.8 Å². The van der Waals surface area contributed by atoms with Crippen LogP contribution >= 0.6 is 0 Å². The van der Waals surface area contributed by atoms with Crippen LogP contribution in [0.2, 0.25) is 0 Å². The van der Waals surface area contributed by atoms with Gasteiger partial charge in [-0.15, -0.1) is 0 Å². The molecule has 25 heavy (non-hydrogen) atoms. The summed E-state index contributed by atoms with van der Waals surface area (Å²) in [6, 6.07) is 7.21. The molecule has 0 aromatic heterocycles. The van der Waals surface area contributed by atoms with Crippen LogP contribution in [0.5, 0.6) is 5.75 Å². The second kappa shape index (κ2) is 8.34. The van der Waals surface area contributed by atoms with Crippen molar-refractivity contribution in [2.24, 2.45) is 0 Å². The summed E-state index contributed by atoms with van der Waals surface area (Å²) in [6.45, 7) is 5.52. The van der Waals surface area contributed by atoms with Crippen molar-refractivity contribution >= 4 is 11.8 Å². The maximum absolute atomic E-state index is 12.6. The molecular formula is C19H27N3O3. The number of carbonyl (C=O) groups excluding carboxylic acids is 2. The van der Waals surface area contributed by atoms with Gasteiger partial charge in [-0.1, -0.05) is 6.07 Å². The molecule has 0 radical (unpaired) electrons. The van der Waals surface area contributed by atoms with E-state index in [0.717, 1.165) is 19.6 Å². The Bertz CT molecular complexity index is 606. The molecule has 0 atom stereocenters. The Labute approximate surface area is 149 Å². The van der Waals surface area contributed by atoms with E-state index in [0.29, 0.717) is 43.9 Å². The highest BCUT2D eigenvalue weighted by atomic mass is 16.5. The third-order valence-electron chi connectivity index (χ3n) is 5.08. The van der Waals surface area contributed by atoms with Crippen molar-refractivity contribution < 1.29 is 14.3 Å². The fraction of sp³-hybridized carbons (Fsp3) is 0.579. The molecule has 0 N–H and O–H groups in total. The van der Waals surface area contributed by atoms with Gasteiger partial charge in [-0.2, -0.15) is 0 Å². The number of nitrogens with zero attached hydrogens (tertiary/aromatic N) is 3. The molecule has 0 bridgehead atoms. The Morgan fingerprint density at radius 3 is 2.36 bits per heavy atom. The summed E-state index contributed by atoms with van der Waals surface area (Å²) in [6.07, 6.45) is 3.09. The zero-order valence-electron chi connectivity index (χ0n) is 14.9. The summed E-state index contributed by atoms with van der Waals surface area (Å²) in [4.78, 5) is 31.0. The molecule has 1 aromatic carbocycles. The largest absolute Gasteiger partial charge is 0.497 e. The first-order valence-corrected chi connectivity index (χ1v) is 9.11. The van der Waals surface area contributed by atoms with E-state index < -0.39 is 0 Å². The average molecular weight is 345 g/mol. The fourth-order valence-electron chi connectivity index (χ4n) is 3.52. The summed E-state index contributed by atoms with van der Waals surface area (Å²) < 4.78 is 5.18. The fourth-order valence-corrected chi connectivity index (χ4v) is 3.52. The predicted octanol–water partition coefficient (Wildman–Crippen LogP) is 1.47. The molecule has 2 saturated heterocycles. The molecule has 0 aliphatic carbocycles. The number of carbonyl (C=O) groups is 2. The van der Waals surface area contributed by atoms with Crippen LogP contribution in [-0.4, -0.2) is 79.4 Å². The molecule has 2 aliphatic heterocycles. The highest BCUT2D eigenvalue weighted by Gasteiger charge is 2.25. The van der Waals surface area contributed by atoms with Gasteiger partial charge >= 0.3 is 0 Å². The number of piperazine rings is 1. The molecule has 2 heterocycles. The molecule has 136 valence electrons. The lowest BCUT2D eigenvalue weighted by molar-refractivity contribution is -0.133. The Morgan fingerprint density at radius 1 is 1.00 bits per heavy atom. The van der Waals surface area contributed by atoms with Crippen LogP contribution < -0.4 is 4.74 Å². The van der Waals surface area contributed by atoms with E-state index in [4.69, 9.17) is 4.74 Å². The van der Waals surface area contributed by atoms with E-state index >= 15 is 0 Å². The molecule has 0 saturated carbocycles. The number of rotatable bonds is 5. The zero-order chi connectivity index (χ0) is 17.6. The Balaban J connectivity index is 1.47. The number of hydrogen-bond donors (Lipinski definition) is 0. The lowest BCUT2D eigenvalue weighted by Gasteiger charge is -2.35. The van der Waals surface area contributed by atoms with Crippen LogP contribution in [0.4, 0.5) is 0 Å². The molecule has 2 aliphatic rings. The van der Waals surface area contributed by atoms with Gasteiger partial charge in [0.15, 0.2) is 0 Å². The second-order valence-corrected chi connectivity index (χ2v) is 6.70. The minimum Gasteiger partial charge on any atom is -0.497 e.